The molecule has 0 spiro atoms. The Bertz CT molecular complexity index is 1940. The van der Waals surface area contributed by atoms with E-state index >= 15 is 0 Å². The molecule has 3 nitrogen and oxygen atoms in total. The van der Waals surface area contributed by atoms with E-state index in [0.29, 0.717) is 6.04 Å². The molecule has 4 aromatic carbocycles. The third kappa shape index (κ3) is 4.97. The molecule has 0 saturated carbocycles. The molecule has 0 fully saturated rings. The summed E-state index contributed by atoms with van der Waals surface area (Å²) in [5.74, 6) is 0. The number of rotatable bonds is 4. The predicted octanol–water partition coefficient (Wildman–Crippen LogP) is 7.76. The summed E-state index contributed by atoms with van der Waals surface area (Å²) < 4.78 is 2.36. The van der Waals surface area contributed by atoms with Crippen molar-refractivity contribution in [3.63, 3.8) is 0 Å². The molecule has 40 heavy (non-hydrogen) atoms. The lowest BCUT2D eigenvalue weighted by Crippen LogP contribution is -2.21. The lowest BCUT2D eigenvalue weighted by molar-refractivity contribution is 0.883. The maximum atomic E-state index is 4.61. The summed E-state index contributed by atoms with van der Waals surface area (Å²) in [5.41, 5.74) is 11.8. The number of fused-ring (bicyclic) bond motifs is 3. The number of anilines is 2. The van der Waals surface area contributed by atoms with Crippen LogP contribution < -0.4 is 26.1 Å². The van der Waals surface area contributed by atoms with Crippen LogP contribution in [0, 0.1) is 0 Å². The zero-order chi connectivity index (χ0) is 27.5. The predicted molar refractivity (Wildman–Crippen MR) is 177 cm³/mol. The number of benzene rings is 4. The van der Waals surface area contributed by atoms with Crippen molar-refractivity contribution in [1.82, 2.24) is 0 Å². The Kier molecular flexibility index (Phi) is 7.09. The second-order valence-electron chi connectivity index (χ2n) is 9.85. The molecule has 0 radical (unpaired) electrons. The van der Waals surface area contributed by atoms with Crippen LogP contribution in [0.2, 0.25) is 0 Å². The van der Waals surface area contributed by atoms with Crippen LogP contribution >= 0.6 is 11.3 Å². The number of hydrogen-bond donors (Lipinski definition) is 3. The highest BCUT2D eigenvalue weighted by Gasteiger charge is 2.22. The molecule has 196 valence electrons. The van der Waals surface area contributed by atoms with Crippen LogP contribution in [-0.4, -0.2) is 6.04 Å². The highest BCUT2D eigenvalue weighted by Crippen LogP contribution is 2.41. The fraction of sp³-hybridized carbons (Fsp3) is 0.0556. The Morgan fingerprint density at radius 1 is 0.900 bits per heavy atom. The summed E-state index contributed by atoms with van der Waals surface area (Å²) in [6, 6.07) is 28.8. The summed E-state index contributed by atoms with van der Waals surface area (Å²) in [7, 11) is 0. The summed E-state index contributed by atoms with van der Waals surface area (Å²) >= 11 is 1.76. The molecular formula is C36H31N3S. The lowest BCUT2D eigenvalue weighted by Gasteiger charge is -2.29. The molecule has 4 N–H and O–H groups in total. The number of para-hydroxylation sites is 1. The zero-order valence-corrected chi connectivity index (χ0v) is 23.0. The van der Waals surface area contributed by atoms with Crippen LogP contribution in [-0.2, 0) is 0 Å². The number of hydrogen-bond acceptors (Lipinski definition) is 4. The molecule has 1 unspecified atom stereocenters. The van der Waals surface area contributed by atoms with Gasteiger partial charge in [0.2, 0.25) is 0 Å². The quantitative estimate of drug-likeness (QED) is 0.220. The average molecular weight is 538 g/mol. The van der Waals surface area contributed by atoms with Gasteiger partial charge in [0.1, 0.15) is 0 Å². The van der Waals surface area contributed by atoms with Crippen LogP contribution in [0.1, 0.15) is 12.0 Å². The molecule has 1 aliphatic heterocycles. The second-order valence-corrected chi connectivity index (χ2v) is 11.0. The molecule has 2 aliphatic rings. The summed E-state index contributed by atoms with van der Waals surface area (Å²) in [5, 5.41) is 12.2. The molecule has 4 heteroatoms. The summed E-state index contributed by atoms with van der Waals surface area (Å²) in [4.78, 5) is 0. The second kappa shape index (κ2) is 11.1. The van der Waals surface area contributed by atoms with Crippen LogP contribution in [0.3, 0.4) is 0 Å². The van der Waals surface area contributed by atoms with Crippen molar-refractivity contribution >= 4 is 61.9 Å². The van der Waals surface area contributed by atoms with Gasteiger partial charge in [-0.2, -0.15) is 0 Å². The maximum absolute atomic E-state index is 4.61. The van der Waals surface area contributed by atoms with E-state index < -0.39 is 0 Å². The Hall–Kier alpha value is -4.80. The van der Waals surface area contributed by atoms with Crippen LogP contribution in [0.5, 0.6) is 0 Å². The fourth-order valence-electron chi connectivity index (χ4n) is 5.26. The topological polar surface area (TPSA) is 50.1 Å². The van der Waals surface area contributed by atoms with Gasteiger partial charge in [0.25, 0.3) is 0 Å². The number of thiophene rings is 1. The minimum Gasteiger partial charge on any atom is -0.405 e. The minimum atomic E-state index is 0.336. The first-order valence-electron chi connectivity index (χ1n) is 13.4. The zero-order valence-electron chi connectivity index (χ0n) is 22.2. The highest BCUT2D eigenvalue weighted by molar-refractivity contribution is 7.17. The molecule has 1 aliphatic carbocycles. The van der Waals surface area contributed by atoms with Gasteiger partial charge in [-0.3, -0.25) is 0 Å². The summed E-state index contributed by atoms with van der Waals surface area (Å²) in [6.45, 7) is 7.50. The van der Waals surface area contributed by atoms with E-state index in [1.54, 1.807) is 11.3 Å². The third-order valence-electron chi connectivity index (χ3n) is 7.24. The van der Waals surface area contributed by atoms with E-state index in [1.807, 2.05) is 0 Å². The van der Waals surface area contributed by atoms with E-state index in [0.717, 1.165) is 22.3 Å². The van der Waals surface area contributed by atoms with E-state index in [2.05, 4.69) is 145 Å². The van der Waals surface area contributed by atoms with Crippen molar-refractivity contribution in [2.24, 2.45) is 5.73 Å². The number of nitrogens with two attached hydrogens (primary N) is 1. The van der Waals surface area contributed by atoms with Gasteiger partial charge in [-0.1, -0.05) is 104 Å². The van der Waals surface area contributed by atoms with Crippen molar-refractivity contribution < 1.29 is 0 Å². The molecule has 5 aromatic rings. The smallest absolute Gasteiger partial charge is 0.0714 e. The summed E-state index contributed by atoms with van der Waals surface area (Å²) in [6.07, 6.45) is 15.3. The molecular weight excluding hydrogens is 506 g/mol. The van der Waals surface area contributed by atoms with Crippen molar-refractivity contribution in [3.05, 3.63) is 137 Å². The van der Waals surface area contributed by atoms with Gasteiger partial charge in [0, 0.05) is 31.9 Å². The van der Waals surface area contributed by atoms with Gasteiger partial charge in [0.15, 0.2) is 0 Å². The van der Waals surface area contributed by atoms with Gasteiger partial charge in [-0.05, 0) is 64.0 Å². The van der Waals surface area contributed by atoms with Gasteiger partial charge >= 0.3 is 0 Å². The van der Waals surface area contributed by atoms with E-state index in [1.165, 1.54) is 54.7 Å². The fourth-order valence-corrected chi connectivity index (χ4v) is 6.28. The minimum absolute atomic E-state index is 0.336. The first-order chi connectivity index (χ1) is 19.6. The Morgan fingerprint density at radius 3 is 2.52 bits per heavy atom. The van der Waals surface area contributed by atoms with Gasteiger partial charge in [-0.15, -0.1) is 11.3 Å². The van der Waals surface area contributed by atoms with Crippen molar-refractivity contribution in [3.8, 4) is 11.1 Å². The van der Waals surface area contributed by atoms with Crippen LogP contribution in [0.15, 0.2) is 122 Å². The van der Waals surface area contributed by atoms with Gasteiger partial charge in [-0.25, -0.2) is 0 Å². The standard InChI is InChI=1S/C34H26N2S.C2H5N/c1-22-28(18-19-31-30-12-7-13-32(34(30)36-31)35-27-10-3-2-4-11-27)29-17-16-26(21-33(29)37-22)25-15-14-23-8-5-6-9-24(23)20-25;1-2-3/h2-10,12-21,27,35-36H,1,11H2;2H,1,3H2/b28-18+,31-19-;. The van der Waals surface area contributed by atoms with Crippen LogP contribution in [0.25, 0.3) is 50.3 Å². The number of nitrogens with one attached hydrogen (secondary N) is 2. The molecule has 7 rings (SSSR count). The van der Waals surface area contributed by atoms with Crippen molar-refractivity contribution in [2.45, 2.75) is 12.5 Å². The van der Waals surface area contributed by atoms with Gasteiger partial charge in [0.05, 0.1) is 11.4 Å². The van der Waals surface area contributed by atoms with E-state index in [4.69, 9.17) is 0 Å². The normalized spacial score (nSPS) is 16.6. The average Bonchev–Trinajstić information content (AvgIpc) is 3.28. The molecule has 1 aromatic heterocycles. The molecule has 2 heterocycles. The molecule has 0 bridgehead atoms. The Morgan fingerprint density at radius 2 is 1.70 bits per heavy atom. The SMILES string of the molecule is C=CN.C=c1sc2cc(-c3ccc4ccccc4c3)ccc2/c1=C/C=C1\Nc2c(NC3C=CC=CC3)cccc21. The highest BCUT2D eigenvalue weighted by atomic mass is 32.1. The molecule has 0 saturated heterocycles. The van der Waals surface area contributed by atoms with Crippen molar-refractivity contribution in [2.75, 3.05) is 10.6 Å². The third-order valence-corrected chi connectivity index (χ3v) is 8.26. The first kappa shape index (κ1) is 25.5. The number of allylic oxidation sites excluding steroid dienone is 3. The van der Waals surface area contributed by atoms with E-state index in [-0.39, 0.29) is 0 Å². The lowest BCUT2D eigenvalue weighted by atomic mass is 9.98. The Balaban J connectivity index is 0.000000925. The van der Waals surface area contributed by atoms with Crippen molar-refractivity contribution in [1.29, 1.82) is 0 Å². The largest absolute Gasteiger partial charge is 0.405 e. The Labute approximate surface area is 238 Å². The molecule has 0 amide bonds. The maximum Gasteiger partial charge on any atom is 0.0714 e. The van der Waals surface area contributed by atoms with E-state index in [9.17, 15) is 0 Å². The monoisotopic (exact) mass is 537 g/mol. The first-order valence-corrected chi connectivity index (χ1v) is 14.2. The van der Waals surface area contributed by atoms with Gasteiger partial charge < -0.3 is 16.4 Å². The molecule has 1 atom stereocenters. The van der Waals surface area contributed by atoms with Crippen LogP contribution in [0.4, 0.5) is 11.4 Å².